The zero-order valence-corrected chi connectivity index (χ0v) is 14.6. The summed E-state index contributed by atoms with van der Waals surface area (Å²) in [7, 11) is 1.46. The quantitative estimate of drug-likeness (QED) is 0.779. The average Bonchev–Trinajstić information content (AvgIpc) is 2.56. The van der Waals surface area contributed by atoms with Crippen LogP contribution in [0.2, 0.25) is 5.02 Å². The van der Waals surface area contributed by atoms with E-state index in [1.807, 2.05) is 48.5 Å². The second-order valence-electron chi connectivity index (χ2n) is 5.48. The minimum atomic E-state index is -0.766. The molecule has 0 fully saturated rings. The van der Waals surface area contributed by atoms with E-state index < -0.39 is 18.1 Å². The number of halogens is 1. The standard InChI is InChI=1S/C19H22ClNO3/c1-3-24-19(22)18(23-2)17(21)11-13-7-9-14(10-8-13)15-5-4-6-16(20)12-15/h4-10,12,17-18H,3,11,21H2,1-2H3/t17-,18+/m1/s1. The van der Waals surface area contributed by atoms with E-state index in [-0.39, 0.29) is 0 Å². The van der Waals surface area contributed by atoms with Crippen molar-refractivity contribution in [1.82, 2.24) is 0 Å². The molecular weight excluding hydrogens is 326 g/mol. The summed E-state index contributed by atoms with van der Waals surface area (Å²) >= 11 is 6.03. The number of carbonyl (C=O) groups is 1. The van der Waals surface area contributed by atoms with Crippen LogP contribution < -0.4 is 5.73 Å². The van der Waals surface area contributed by atoms with Gasteiger partial charge < -0.3 is 15.2 Å². The van der Waals surface area contributed by atoms with E-state index in [9.17, 15) is 4.79 Å². The van der Waals surface area contributed by atoms with Crippen LogP contribution in [-0.4, -0.2) is 31.8 Å². The summed E-state index contributed by atoms with van der Waals surface area (Å²) < 4.78 is 10.2. The molecule has 5 heteroatoms. The lowest BCUT2D eigenvalue weighted by molar-refractivity contribution is -0.156. The summed E-state index contributed by atoms with van der Waals surface area (Å²) in [5.74, 6) is -0.428. The molecule has 0 unspecified atom stereocenters. The van der Waals surface area contributed by atoms with Crippen LogP contribution in [0.5, 0.6) is 0 Å². The number of esters is 1. The summed E-state index contributed by atoms with van der Waals surface area (Å²) in [4.78, 5) is 11.8. The Morgan fingerprint density at radius 3 is 2.46 bits per heavy atom. The van der Waals surface area contributed by atoms with Crippen LogP contribution in [0.1, 0.15) is 12.5 Å². The Morgan fingerprint density at radius 1 is 1.17 bits per heavy atom. The maximum absolute atomic E-state index is 11.8. The number of carbonyl (C=O) groups excluding carboxylic acids is 1. The van der Waals surface area contributed by atoms with E-state index in [4.69, 9.17) is 26.8 Å². The Morgan fingerprint density at radius 2 is 1.88 bits per heavy atom. The molecule has 2 aromatic carbocycles. The molecule has 4 nitrogen and oxygen atoms in total. The fraction of sp³-hybridized carbons (Fsp3) is 0.316. The van der Waals surface area contributed by atoms with Gasteiger partial charge in [0.15, 0.2) is 6.10 Å². The number of hydrogen-bond donors (Lipinski definition) is 1. The number of rotatable bonds is 7. The summed E-state index contributed by atoms with van der Waals surface area (Å²) in [5.41, 5.74) is 9.27. The maximum atomic E-state index is 11.8. The molecule has 0 saturated carbocycles. The van der Waals surface area contributed by atoms with Crippen molar-refractivity contribution in [3.63, 3.8) is 0 Å². The predicted molar refractivity (Wildman–Crippen MR) is 96.0 cm³/mol. The normalized spacial score (nSPS) is 13.3. The summed E-state index contributed by atoms with van der Waals surface area (Å²) in [6, 6.07) is 15.2. The van der Waals surface area contributed by atoms with Crippen LogP contribution in [0.4, 0.5) is 0 Å². The Hall–Kier alpha value is -1.88. The topological polar surface area (TPSA) is 61.5 Å². The molecule has 128 valence electrons. The average molecular weight is 348 g/mol. The first-order valence-corrected chi connectivity index (χ1v) is 8.22. The van der Waals surface area contributed by atoms with Crippen molar-refractivity contribution in [1.29, 1.82) is 0 Å². The minimum absolute atomic E-state index is 0.305. The number of methoxy groups -OCH3 is 1. The lowest BCUT2D eigenvalue weighted by Gasteiger charge is -2.21. The van der Waals surface area contributed by atoms with E-state index in [1.54, 1.807) is 6.92 Å². The number of nitrogens with two attached hydrogens (primary N) is 1. The highest BCUT2D eigenvalue weighted by molar-refractivity contribution is 6.30. The number of ether oxygens (including phenoxy) is 2. The molecule has 2 aromatic rings. The van der Waals surface area contributed by atoms with E-state index in [1.165, 1.54) is 7.11 Å². The second kappa shape index (κ2) is 8.83. The molecule has 0 spiro atoms. The lowest BCUT2D eigenvalue weighted by atomic mass is 9.99. The highest BCUT2D eigenvalue weighted by Gasteiger charge is 2.26. The molecule has 2 rings (SSSR count). The van der Waals surface area contributed by atoms with Crippen molar-refractivity contribution < 1.29 is 14.3 Å². The van der Waals surface area contributed by atoms with E-state index >= 15 is 0 Å². The van der Waals surface area contributed by atoms with Crippen molar-refractivity contribution in [2.45, 2.75) is 25.5 Å². The number of benzene rings is 2. The zero-order valence-electron chi connectivity index (χ0n) is 13.9. The highest BCUT2D eigenvalue weighted by Crippen LogP contribution is 2.23. The molecular formula is C19H22ClNO3. The van der Waals surface area contributed by atoms with Gasteiger partial charge in [-0.2, -0.15) is 0 Å². The molecule has 0 aliphatic heterocycles. The third-order valence-electron chi connectivity index (χ3n) is 3.74. The third-order valence-corrected chi connectivity index (χ3v) is 3.98. The zero-order chi connectivity index (χ0) is 17.5. The van der Waals surface area contributed by atoms with Crippen LogP contribution in [0, 0.1) is 0 Å². The fourth-order valence-corrected chi connectivity index (χ4v) is 2.74. The predicted octanol–water partition coefficient (Wildman–Crippen LogP) is 3.45. The molecule has 2 N–H and O–H groups in total. The van der Waals surface area contributed by atoms with Crippen molar-refractivity contribution >= 4 is 17.6 Å². The molecule has 0 aromatic heterocycles. The Balaban J connectivity index is 2.06. The summed E-state index contributed by atoms with van der Waals surface area (Å²) in [5, 5.41) is 0.705. The van der Waals surface area contributed by atoms with Gasteiger partial charge in [-0.05, 0) is 42.2 Å². The van der Waals surface area contributed by atoms with Crippen LogP contribution in [0.3, 0.4) is 0 Å². The fourth-order valence-electron chi connectivity index (χ4n) is 2.55. The summed E-state index contributed by atoms with van der Waals surface area (Å²) in [6.07, 6.45) is -0.245. The number of hydrogen-bond acceptors (Lipinski definition) is 4. The maximum Gasteiger partial charge on any atom is 0.336 e. The van der Waals surface area contributed by atoms with Gasteiger partial charge in [-0.25, -0.2) is 4.79 Å². The Labute approximate surface area is 147 Å². The van der Waals surface area contributed by atoms with Gasteiger partial charge in [0.1, 0.15) is 0 Å². The van der Waals surface area contributed by atoms with Gasteiger partial charge in [0, 0.05) is 18.2 Å². The molecule has 0 aliphatic rings. The van der Waals surface area contributed by atoms with Gasteiger partial charge in [-0.1, -0.05) is 48.0 Å². The minimum Gasteiger partial charge on any atom is -0.464 e. The van der Waals surface area contributed by atoms with E-state index in [0.717, 1.165) is 16.7 Å². The van der Waals surface area contributed by atoms with E-state index in [2.05, 4.69) is 0 Å². The van der Waals surface area contributed by atoms with Crippen molar-refractivity contribution in [2.75, 3.05) is 13.7 Å². The van der Waals surface area contributed by atoms with Crippen LogP contribution in [0.15, 0.2) is 48.5 Å². The Bertz CT molecular complexity index is 673. The van der Waals surface area contributed by atoms with Gasteiger partial charge in [0.05, 0.1) is 6.61 Å². The molecule has 0 aliphatic carbocycles. The molecule has 0 saturated heterocycles. The van der Waals surface area contributed by atoms with Gasteiger partial charge in [-0.3, -0.25) is 0 Å². The molecule has 24 heavy (non-hydrogen) atoms. The van der Waals surface area contributed by atoms with Crippen molar-refractivity contribution in [3.05, 3.63) is 59.1 Å². The van der Waals surface area contributed by atoms with E-state index in [0.29, 0.717) is 18.1 Å². The van der Waals surface area contributed by atoms with Crippen LogP contribution in [-0.2, 0) is 20.7 Å². The monoisotopic (exact) mass is 347 g/mol. The van der Waals surface area contributed by atoms with Gasteiger partial charge in [0.25, 0.3) is 0 Å². The first-order valence-electron chi connectivity index (χ1n) is 7.85. The lowest BCUT2D eigenvalue weighted by Crippen LogP contribution is -2.44. The van der Waals surface area contributed by atoms with Crippen LogP contribution >= 0.6 is 11.6 Å². The first kappa shape index (κ1) is 18.5. The first-order chi connectivity index (χ1) is 11.5. The highest BCUT2D eigenvalue weighted by atomic mass is 35.5. The van der Waals surface area contributed by atoms with Gasteiger partial charge in [0.2, 0.25) is 0 Å². The Kier molecular flexibility index (Phi) is 6.79. The molecule has 0 radical (unpaired) electrons. The smallest absolute Gasteiger partial charge is 0.336 e. The molecule has 0 amide bonds. The molecule has 0 heterocycles. The second-order valence-corrected chi connectivity index (χ2v) is 5.92. The van der Waals surface area contributed by atoms with Gasteiger partial charge in [-0.15, -0.1) is 0 Å². The van der Waals surface area contributed by atoms with Crippen molar-refractivity contribution in [3.8, 4) is 11.1 Å². The third kappa shape index (κ3) is 4.81. The summed E-state index contributed by atoms with van der Waals surface area (Å²) in [6.45, 7) is 2.06. The SMILES string of the molecule is CCOC(=O)[C@@H](OC)[C@H](N)Cc1ccc(-c2cccc(Cl)c2)cc1. The van der Waals surface area contributed by atoms with Gasteiger partial charge >= 0.3 is 5.97 Å². The molecule has 0 bridgehead atoms. The van der Waals surface area contributed by atoms with Crippen molar-refractivity contribution in [2.24, 2.45) is 5.73 Å². The molecule has 2 atom stereocenters. The van der Waals surface area contributed by atoms with Crippen LogP contribution in [0.25, 0.3) is 11.1 Å². The largest absolute Gasteiger partial charge is 0.464 e.